The van der Waals surface area contributed by atoms with Crippen LogP contribution in [0.5, 0.6) is 0 Å². The predicted molar refractivity (Wildman–Crippen MR) is 348 cm³/mol. The Balaban J connectivity index is 0.000000190. The average molecular weight is 1650 g/mol. The number of ketones is 1. The summed E-state index contributed by atoms with van der Waals surface area (Å²) in [5.74, 6) is -5.19. The van der Waals surface area contributed by atoms with Crippen molar-refractivity contribution in [2.24, 2.45) is 21.1 Å². The van der Waals surface area contributed by atoms with Crippen molar-refractivity contribution in [3.8, 4) is 0 Å². The Bertz CT molecular complexity index is 4250. The molecule has 3 aliphatic rings. The van der Waals surface area contributed by atoms with Crippen molar-refractivity contribution in [1.29, 1.82) is 0 Å². The van der Waals surface area contributed by atoms with Crippen LogP contribution in [-0.4, -0.2) is 117 Å². The summed E-state index contributed by atoms with van der Waals surface area (Å²) in [5.41, 5.74) is -4.12. The van der Waals surface area contributed by atoms with Gasteiger partial charge in [-0.2, -0.15) is 8.78 Å². The van der Waals surface area contributed by atoms with E-state index in [9.17, 15) is 76.6 Å². The summed E-state index contributed by atoms with van der Waals surface area (Å²) in [6.07, 6.45) is 2.01. The molecule has 0 spiro atoms. The molecule has 0 bridgehead atoms. The molecule has 2 unspecified atom stereocenters. The number of hydrogen-bond acceptors (Lipinski definition) is 18. The fourth-order valence-electron chi connectivity index (χ4n) is 9.08. The number of Topliss-reactive ketones (excluding diaryl/α,β-unsaturated/α-hetero) is 1. The zero-order chi connectivity index (χ0) is 65.9. The molecule has 9 rings (SSSR count). The highest BCUT2D eigenvalue weighted by atomic mass is 127. The largest absolute Gasteiger partial charge is 0.394 e. The van der Waals surface area contributed by atoms with E-state index >= 15 is 0 Å². The number of sulfonamides is 3. The molecule has 24 nitrogen and oxygen atoms in total. The smallest absolute Gasteiger partial charge is 0.288 e. The molecule has 3 aromatic carbocycles. The lowest BCUT2D eigenvalue weighted by molar-refractivity contribution is -0.121. The predicted octanol–water partition coefficient (Wildman–Crippen LogP) is 6.16. The van der Waals surface area contributed by atoms with Gasteiger partial charge in [0.25, 0.3) is 16.7 Å². The first-order chi connectivity index (χ1) is 41.6. The minimum absolute atomic E-state index is 0.0785. The number of nitrogens with zero attached hydrogens (tertiary/aromatic N) is 3. The SMILES string of the molecule is Cn1cc(NS(=O)(=O)C2(CC(=O)CO)CC2)c(Nc2ccc(I)cc2F)c(F)c1=O.Cn1cc(NS(=O)(=O)C2(CC(O)CO)CC2)c(Nc2ccc(I)cc2F)c(F)c1=O.Cn1cc(NS(=O)(=O)C2(CC(O)CO)CC2)c(Nc2ccc(I)cc2F)cc1=O. The first-order valence-corrected chi connectivity index (χ1v) is 34.2. The molecule has 0 radical (unpaired) electrons. The van der Waals surface area contributed by atoms with E-state index in [4.69, 9.17) is 15.3 Å². The molecular formula is C54H59F5I3N9O15S3. The molecule has 3 fully saturated rings. The van der Waals surface area contributed by atoms with Crippen molar-refractivity contribution in [3.05, 3.63) is 150 Å². The third-order valence-electron chi connectivity index (χ3n) is 14.6. The third-order valence-corrected chi connectivity index (χ3v) is 23.3. The standard InChI is InChI=1S/C18H20F2IN3O5S.C18H18F2IN3O5S.C18H21FIN3O5S/c2*1-24-8-14(23-30(28,29)18(4-5-18)7-11(26)9-25)16(15(20)17(24)27)22-13-3-2-10(21)6-12(13)19;1-23-9-16(22-29(27,28)18(4-5-18)8-12(25)10-24)15(7-17(23)26)21-14-3-2-11(20)6-13(14)19/h2-3,6,8,11,22-23,25-26H,4-5,7,9H2,1H3;2-3,6,8,22-23,25H,4-5,7,9H2,1H3;2-3,6-7,9,12,21-22,24-25H,4-5,8,10H2,1H3. The second-order valence-electron chi connectivity index (χ2n) is 21.4. The van der Waals surface area contributed by atoms with Crippen LogP contribution in [0.4, 0.5) is 73.1 Å². The van der Waals surface area contributed by atoms with Gasteiger partial charge in [-0.05, 0) is 174 Å². The Labute approximate surface area is 546 Å². The van der Waals surface area contributed by atoms with Gasteiger partial charge >= 0.3 is 0 Å². The number of pyridine rings is 3. The summed E-state index contributed by atoms with van der Waals surface area (Å²) in [6.45, 7) is -1.91. The van der Waals surface area contributed by atoms with Crippen LogP contribution in [0.2, 0.25) is 0 Å². The van der Waals surface area contributed by atoms with Gasteiger partial charge in [-0.3, -0.25) is 33.3 Å². The Hall–Kier alpha value is -5.53. The molecular weight excluding hydrogens is 1590 g/mol. The van der Waals surface area contributed by atoms with Crippen LogP contribution >= 0.6 is 67.8 Å². The summed E-state index contributed by atoms with van der Waals surface area (Å²) in [7, 11) is -8.29. The molecule has 6 aromatic rings. The van der Waals surface area contributed by atoms with Crippen molar-refractivity contribution < 1.29 is 77.5 Å². The fraction of sp³-hybridized carbons (Fsp3) is 0.370. The molecule has 0 amide bonds. The van der Waals surface area contributed by atoms with Gasteiger partial charge < -0.3 is 55.2 Å². The second kappa shape index (κ2) is 28.1. The first kappa shape index (κ1) is 70.9. The Morgan fingerprint density at radius 1 is 0.506 bits per heavy atom. The Morgan fingerprint density at radius 3 is 1.18 bits per heavy atom. The first-order valence-electron chi connectivity index (χ1n) is 26.5. The monoisotopic (exact) mass is 1650 g/mol. The summed E-state index contributed by atoms with van der Waals surface area (Å²) < 4.78 is 158. The molecule has 11 N–H and O–H groups in total. The van der Waals surface area contributed by atoms with Crippen LogP contribution in [0.25, 0.3) is 0 Å². The van der Waals surface area contributed by atoms with Crippen LogP contribution in [0.1, 0.15) is 57.8 Å². The van der Waals surface area contributed by atoms with Gasteiger partial charge in [-0.1, -0.05) is 0 Å². The van der Waals surface area contributed by atoms with E-state index in [1.165, 1.54) is 74.4 Å². The lowest BCUT2D eigenvalue weighted by Gasteiger charge is -2.22. The molecule has 3 heterocycles. The fourth-order valence-corrected chi connectivity index (χ4v) is 15.5. The van der Waals surface area contributed by atoms with Gasteiger partial charge in [0.2, 0.25) is 41.7 Å². The Morgan fingerprint density at radius 2 is 0.843 bits per heavy atom. The minimum atomic E-state index is -4.18. The number of aliphatic hydroxyl groups is 5. The minimum Gasteiger partial charge on any atom is -0.394 e. The van der Waals surface area contributed by atoms with Gasteiger partial charge in [0, 0.05) is 62.9 Å². The number of carbonyl (C=O) groups is 1. The maximum atomic E-state index is 14.7. The molecule has 2 atom stereocenters. The Kier molecular flexibility index (Phi) is 22.4. The van der Waals surface area contributed by atoms with Crippen molar-refractivity contribution in [1.82, 2.24) is 13.7 Å². The summed E-state index contributed by atoms with van der Waals surface area (Å²) in [6, 6.07) is 13.8. The molecule has 3 aromatic heterocycles. The number of hydrogen-bond donors (Lipinski definition) is 11. The molecule has 35 heteroatoms. The second-order valence-corrected chi connectivity index (χ2v) is 31.4. The number of nitrogens with one attached hydrogen (secondary N) is 6. The lowest BCUT2D eigenvalue weighted by Crippen LogP contribution is -2.35. The van der Waals surface area contributed by atoms with Crippen molar-refractivity contribution in [3.63, 3.8) is 0 Å². The average Bonchev–Trinajstić information content (AvgIpc) is 1.58. The number of anilines is 9. The van der Waals surface area contributed by atoms with Gasteiger partial charge in [-0.25, -0.2) is 38.4 Å². The quantitative estimate of drug-likeness (QED) is 0.0239. The maximum absolute atomic E-state index is 14.7. The van der Waals surface area contributed by atoms with Crippen LogP contribution in [-0.2, 0) is 56.0 Å². The van der Waals surface area contributed by atoms with E-state index in [-0.39, 0.29) is 84.8 Å². The van der Waals surface area contributed by atoms with Crippen molar-refractivity contribution in [2.45, 2.75) is 84.2 Å². The van der Waals surface area contributed by atoms with Gasteiger partial charge in [0.1, 0.15) is 35.4 Å². The van der Waals surface area contributed by atoms with Crippen molar-refractivity contribution in [2.75, 3.05) is 49.9 Å². The molecule has 0 saturated heterocycles. The van der Waals surface area contributed by atoms with Crippen LogP contribution in [0.3, 0.4) is 0 Å². The zero-order valence-electron chi connectivity index (χ0n) is 47.1. The zero-order valence-corrected chi connectivity index (χ0v) is 56.0. The van der Waals surface area contributed by atoms with E-state index in [2.05, 4.69) is 30.1 Å². The lowest BCUT2D eigenvalue weighted by atomic mass is 10.2. The number of aliphatic hydroxyl groups excluding tert-OH is 5. The number of rotatable bonds is 24. The van der Waals surface area contributed by atoms with E-state index in [0.29, 0.717) is 23.6 Å². The number of aryl methyl sites for hydroxylation is 3. The molecule has 0 aliphatic heterocycles. The van der Waals surface area contributed by atoms with Gasteiger partial charge in [0.05, 0.1) is 79.5 Å². The summed E-state index contributed by atoms with van der Waals surface area (Å²) in [5, 5.41) is 54.1. The topological polar surface area (TPSA) is 359 Å². The van der Waals surface area contributed by atoms with E-state index in [0.717, 1.165) is 21.5 Å². The van der Waals surface area contributed by atoms with Crippen LogP contribution < -0.4 is 46.8 Å². The van der Waals surface area contributed by atoms with Gasteiger partial charge in [-0.15, -0.1) is 0 Å². The highest BCUT2D eigenvalue weighted by Gasteiger charge is 2.57. The number of carbonyl (C=O) groups excluding carboxylic acids is 1. The third kappa shape index (κ3) is 16.6. The van der Waals surface area contributed by atoms with Crippen LogP contribution in [0.15, 0.2) is 93.6 Å². The summed E-state index contributed by atoms with van der Waals surface area (Å²) in [4.78, 5) is 47.7. The van der Waals surface area contributed by atoms with E-state index < -0.39 is 139 Å². The number of benzene rings is 3. The highest BCUT2D eigenvalue weighted by Crippen LogP contribution is 2.50. The highest BCUT2D eigenvalue weighted by molar-refractivity contribution is 14.1. The molecule has 3 aliphatic carbocycles. The van der Waals surface area contributed by atoms with Crippen LogP contribution in [0, 0.1) is 39.8 Å². The molecule has 3 saturated carbocycles. The van der Waals surface area contributed by atoms with Gasteiger partial charge in [0.15, 0.2) is 5.78 Å². The number of aromatic nitrogens is 3. The van der Waals surface area contributed by atoms with Crippen molar-refractivity contribution >= 4 is 155 Å². The summed E-state index contributed by atoms with van der Waals surface area (Å²) >= 11 is 5.75. The normalized spacial score (nSPS) is 15.8. The maximum Gasteiger partial charge on any atom is 0.288 e. The van der Waals surface area contributed by atoms with E-state index in [1.54, 1.807) is 18.2 Å². The van der Waals surface area contributed by atoms with E-state index in [1.807, 2.05) is 67.8 Å². The molecule has 484 valence electrons. The number of halogens is 8. The molecule has 89 heavy (non-hydrogen) atoms.